The summed E-state index contributed by atoms with van der Waals surface area (Å²) in [6.07, 6.45) is 0. The monoisotopic (exact) mass is 213 g/mol. The third-order valence-electron chi connectivity index (χ3n) is 2.90. The van der Waals surface area contributed by atoms with E-state index in [-0.39, 0.29) is 0 Å². The highest BCUT2D eigenvalue weighted by molar-refractivity contribution is 6.50. The molecule has 0 N–H and O–H groups in total. The number of hydrogen-bond acceptors (Lipinski definition) is 1. The largest absolute Gasteiger partial charge is 0.266 e. The molecule has 0 saturated carbocycles. The average molecular weight is 213 g/mol. The Balaban J connectivity index is 2.64. The summed E-state index contributed by atoms with van der Waals surface area (Å²) in [5.41, 5.74) is 4.98. The van der Waals surface area contributed by atoms with Crippen LogP contribution in [0.1, 0.15) is 11.1 Å². The van der Waals surface area contributed by atoms with Crippen molar-refractivity contribution in [2.45, 2.75) is 13.8 Å². The second-order valence-corrected chi connectivity index (χ2v) is 4.16. The molecule has 0 bridgehead atoms. The Hall–Kier alpha value is -1.44. The zero-order chi connectivity index (χ0) is 12.6. The van der Waals surface area contributed by atoms with E-state index in [2.05, 4.69) is 4.98 Å². The molecule has 4 heteroatoms. The third kappa shape index (κ3) is 2.17. The van der Waals surface area contributed by atoms with Gasteiger partial charge in [0.05, 0.1) is 5.69 Å². The van der Waals surface area contributed by atoms with Gasteiger partial charge in [-0.15, -0.1) is 0 Å². The molecule has 1 aromatic heterocycles. The van der Waals surface area contributed by atoms with E-state index >= 15 is 0 Å². The number of aromatic nitrogens is 1. The van der Waals surface area contributed by atoms with E-state index in [0.29, 0.717) is 22.2 Å². The molecule has 0 aliphatic rings. The summed E-state index contributed by atoms with van der Waals surface area (Å²) in [6, 6.07) is 7.98. The van der Waals surface area contributed by atoms with Crippen LogP contribution < -0.4 is 16.5 Å². The van der Waals surface area contributed by atoms with Crippen molar-refractivity contribution >= 4 is 40.1 Å². The molecular weight excluding hydrogens is 203 g/mol. The van der Waals surface area contributed by atoms with E-state index in [0.717, 1.165) is 11.1 Å². The molecule has 0 atom stereocenters. The van der Waals surface area contributed by atoms with Crippen LogP contribution in [-0.4, -0.2) is 28.5 Å². The predicted molar refractivity (Wildman–Crippen MR) is 75.3 cm³/mol. The fraction of sp³-hybridized carbons (Fsp3) is 0.154. The number of pyridine rings is 1. The lowest BCUT2D eigenvalue weighted by Gasteiger charge is -2.14. The quantitative estimate of drug-likeness (QED) is 0.594. The second-order valence-electron chi connectivity index (χ2n) is 4.16. The average Bonchev–Trinajstić information content (AvgIpc) is 2.32. The zero-order valence-corrected chi connectivity index (χ0v) is 9.99. The standard InChI is InChI=1S/C13H10B3N/c1-7-3-5-9(6-4-7)12-10(14)8(2)11(15)13(16)17-12/h3-6H,1-2H3. The summed E-state index contributed by atoms with van der Waals surface area (Å²) in [4.78, 5) is 4.26. The zero-order valence-electron chi connectivity index (χ0n) is 9.99. The van der Waals surface area contributed by atoms with Gasteiger partial charge in [-0.1, -0.05) is 46.3 Å². The second kappa shape index (κ2) is 4.44. The first-order valence-corrected chi connectivity index (χ1v) is 5.38. The molecule has 0 aliphatic heterocycles. The highest BCUT2D eigenvalue weighted by atomic mass is 14.7. The van der Waals surface area contributed by atoms with Crippen LogP contribution in [0, 0.1) is 13.8 Å². The van der Waals surface area contributed by atoms with Crippen molar-refractivity contribution in [2.75, 3.05) is 0 Å². The molecule has 6 radical (unpaired) electrons. The fourth-order valence-electron chi connectivity index (χ4n) is 1.69. The van der Waals surface area contributed by atoms with Gasteiger partial charge in [0.2, 0.25) is 0 Å². The third-order valence-corrected chi connectivity index (χ3v) is 2.90. The SMILES string of the molecule is [B]c1nc(-c2ccc(C)cc2)c([B])c(C)c1[B]. The highest BCUT2D eigenvalue weighted by Crippen LogP contribution is 2.14. The summed E-state index contributed by atoms with van der Waals surface area (Å²) in [5, 5.41) is 0. The molecule has 0 unspecified atom stereocenters. The lowest BCUT2D eigenvalue weighted by molar-refractivity contribution is 1.37. The fourth-order valence-corrected chi connectivity index (χ4v) is 1.69. The van der Waals surface area contributed by atoms with Gasteiger partial charge >= 0.3 is 0 Å². The van der Waals surface area contributed by atoms with Gasteiger partial charge in [0.1, 0.15) is 23.5 Å². The van der Waals surface area contributed by atoms with Gasteiger partial charge in [-0.3, -0.25) is 4.98 Å². The van der Waals surface area contributed by atoms with Gasteiger partial charge in [-0.25, -0.2) is 0 Å². The Morgan fingerprint density at radius 3 is 2.06 bits per heavy atom. The summed E-state index contributed by atoms with van der Waals surface area (Å²) in [7, 11) is 17.6. The number of hydrogen-bond donors (Lipinski definition) is 0. The summed E-state index contributed by atoms with van der Waals surface area (Å²) < 4.78 is 0. The first-order chi connectivity index (χ1) is 8.00. The van der Waals surface area contributed by atoms with Crippen LogP contribution in [0.3, 0.4) is 0 Å². The van der Waals surface area contributed by atoms with Crippen LogP contribution in [0.2, 0.25) is 0 Å². The maximum atomic E-state index is 6.02. The van der Waals surface area contributed by atoms with Gasteiger partial charge < -0.3 is 0 Å². The highest BCUT2D eigenvalue weighted by Gasteiger charge is 2.09. The molecule has 76 valence electrons. The van der Waals surface area contributed by atoms with Crippen molar-refractivity contribution in [1.82, 2.24) is 4.98 Å². The molecule has 0 aliphatic carbocycles. The van der Waals surface area contributed by atoms with Crippen molar-refractivity contribution in [3.8, 4) is 11.3 Å². The van der Waals surface area contributed by atoms with Crippen molar-refractivity contribution in [3.63, 3.8) is 0 Å². The molecule has 17 heavy (non-hydrogen) atoms. The van der Waals surface area contributed by atoms with Crippen molar-refractivity contribution in [3.05, 3.63) is 35.4 Å². The van der Waals surface area contributed by atoms with E-state index in [1.54, 1.807) is 0 Å². The van der Waals surface area contributed by atoms with E-state index < -0.39 is 0 Å². The molecule has 0 saturated heterocycles. The Morgan fingerprint density at radius 2 is 1.47 bits per heavy atom. The minimum atomic E-state index is 0.326. The van der Waals surface area contributed by atoms with Crippen molar-refractivity contribution in [1.29, 1.82) is 0 Å². The Labute approximate surface area is 106 Å². The van der Waals surface area contributed by atoms with Crippen LogP contribution in [0.15, 0.2) is 24.3 Å². The predicted octanol–water partition coefficient (Wildman–Crippen LogP) is -0.253. The molecule has 2 rings (SSSR count). The lowest BCUT2D eigenvalue weighted by atomic mass is 9.75. The van der Waals surface area contributed by atoms with Gasteiger partial charge in [0.15, 0.2) is 0 Å². The van der Waals surface area contributed by atoms with Crippen LogP contribution in [0.5, 0.6) is 0 Å². The molecule has 1 nitrogen and oxygen atoms in total. The lowest BCUT2D eigenvalue weighted by Crippen LogP contribution is -2.37. The van der Waals surface area contributed by atoms with Gasteiger partial charge in [0.25, 0.3) is 0 Å². The Bertz CT molecular complexity index is 562. The van der Waals surface area contributed by atoms with Gasteiger partial charge in [0, 0.05) is 0 Å². The first-order valence-electron chi connectivity index (χ1n) is 5.38. The topological polar surface area (TPSA) is 12.9 Å². The molecule has 0 spiro atoms. The van der Waals surface area contributed by atoms with Crippen LogP contribution in [0.4, 0.5) is 0 Å². The maximum absolute atomic E-state index is 6.02. The smallest absolute Gasteiger partial charge is 0.140 e. The van der Waals surface area contributed by atoms with E-state index in [1.165, 1.54) is 5.56 Å². The van der Waals surface area contributed by atoms with E-state index in [9.17, 15) is 0 Å². The van der Waals surface area contributed by atoms with Crippen LogP contribution >= 0.6 is 0 Å². The van der Waals surface area contributed by atoms with Gasteiger partial charge in [-0.2, -0.15) is 0 Å². The minimum Gasteiger partial charge on any atom is -0.266 e. The number of aryl methyl sites for hydroxylation is 1. The Kier molecular flexibility index (Phi) is 3.14. The van der Waals surface area contributed by atoms with Crippen molar-refractivity contribution in [2.24, 2.45) is 0 Å². The molecule has 1 heterocycles. The molecule has 2 aromatic rings. The van der Waals surface area contributed by atoms with Crippen LogP contribution in [0.25, 0.3) is 11.3 Å². The summed E-state index contributed by atoms with van der Waals surface area (Å²) in [6.45, 7) is 3.88. The minimum absolute atomic E-state index is 0.326. The van der Waals surface area contributed by atoms with Gasteiger partial charge in [-0.05, 0) is 25.0 Å². The molecule has 0 fully saturated rings. The van der Waals surface area contributed by atoms with E-state index in [4.69, 9.17) is 23.5 Å². The Morgan fingerprint density at radius 1 is 0.882 bits per heavy atom. The van der Waals surface area contributed by atoms with Crippen LogP contribution in [-0.2, 0) is 0 Å². The number of benzene rings is 1. The summed E-state index contributed by atoms with van der Waals surface area (Å²) in [5.74, 6) is 0. The molecule has 0 amide bonds. The van der Waals surface area contributed by atoms with E-state index in [1.807, 2.05) is 38.1 Å². The molecular formula is C13H10B3N. The maximum Gasteiger partial charge on any atom is 0.140 e. The normalized spacial score (nSPS) is 10.5. The molecule has 1 aromatic carbocycles. The first kappa shape index (κ1) is 12.0. The number of nitrogens with zero attached hydrogens (tertiary/aromatic N) is 1. The number of rotatable bonds is 1. The summed E-state index contributed by atoms with van der Waals surface area (Å²) >= 11 is 0. The van der Waals surface area contributed by atoms with Crippen molar-refractivity contribution < 1.29 is 0 Å².